The molecule has 2 aliphatic rings. The van der Waals surface area contributed by atoms with Crippen LogP contribution in [0.25, 0.3) is 0 Å². The molecule has 1 saturated heterocycles. The number of nitrogens with one attached hydrogen (secondary N) is 1. The van der Waals surface area contributed by atoms with Crippen molar-refractivity contribution in [1.29, 1.82) is 0 Å². The van der Waals surface area contributed by atoms with E-state index in [1.165, 1.54) is 40.7 Å². The van der Waals surface area contributed by atoms with Crippen molar-refractivity contribution in [1.82, 2.24) is 4.31 Å². The maximum absolute atomic E-state index is 13.5. The number of hydrogen-bond donors (Lipinski definition) is 1. The zero-order chi connectivity index (χ0) is 28.7. The molecule has 1 amide bonds. The molecule has 2 aliphatic heterocycles. The lowest BCUT2D eigenvalue weighted by Gasteiger charge is -2.31. The number of carbonyl (C=O) groups is 2. The highest BCUT2D eigenvalue weighted by Crippen LogP contribution is 2.36. The fourth-order valence-corrected chi connectivity index (χ4v) is 8.48. The Labute approximate surface area is 234 Å². The molecule has 0 radical (unpaired) electrons. The summed E-state index contributed by atoms with van der Waals surface area (Å²) in [5, 5.41) is 2.83. The number of hydrogen-bond acceptors (Lipinski definition) is 7. The number of nitrogens with zero attached hydrogens (tertiary/aromatic N) is 2. The maximum Gasteiger partial charge on any atom is 0.255 e. The van der Waals surface area contributed by atoms with Crippen molar-refractivity contribution >= 4 is 42.9 Å². The van der Waals surface area contributed by atoms with Gasteiger partial charge in [0.2, 0.25) is 19.9 Å². The summed E-state index contributed by atoms with van der Waals surface area (Å²) in [5.74, 6) is -1.03. The monoisotopic (exact) mass is 581 g/mol. The highest BCUT2D eigenvalue weighted by molar-refractivity contribution is 7.91. The lowest BCUT2D eigenvalue weighted by atomic mass is 10.0. The van der Waals surface area contributed by atoms with Crippen molar-refractivity contribution in [3.8, 4) is 0 Å². The summed E-state index contributed by atoms with van der Waals surface area (Å²) in [6.45, 7) is 5.67. The molecule has 9 nitrogen and oxygen atoms in total. The Morgan fingerprint density at radius 3 is 2.27 bits per heavy atom. The summed E-state index contributed by atoms with van der Waals surface area (Å²) in [4.78, 5) is 28.4. The highest BCUT2D eigenvalue weighted by atomic mass is 32.2. The fourth-order valence-electron chi connectivity index (χ4n) is 5.32. The van der Waals surface area contributed by atoms with Crippen LogP contribution in [-0.4, -0.2) is 59.0 Å². The van der Waals surface area contributed by atoms with E-state index in [1.807, 2.05) is 0 Å². The molecule has 11 heteroatoms. The minimum atomic E-state index is -4.02. The molecule has 0 saturated carbocycles. The van der Waals surface area contributed by atoms with Crippen LogP contribution in [0.15, 0.2) is 75.4 Å². The van der Waals surface area contributed by atoms with Crippen LogP contribution in [0.1, 0.15) is 59.4 Å². The van der Waals surface area contributed by atoms with E-state index in [1.54, 1.807) is 38.1 Å². The highest BCUT2D eigenvalue weighted by Gasteiger charge is 2.35. The van der Waals surface area contributed by atoms with E-state index in [0.29, 0.717) is 24.5 Å². The van der Waals surface area contributed by atoms with E-state index in [0.717, 1.165) is 32.4 Å². The van der Waals surface area contributed by atoms with E-state index < -0.39 is 31.6 Å². The summed E-state index contributed by atoms with van der Waals surface area (Å²) in [6.07, 6.45) is 3.05. The third kappa shape index (κ3) is 4.82. The zero-order valence-electron chi connectivity index (χ0n) is 22.4. The molecular weight excluding hydrogens is 550 g/mol. The molecule has 3 aromatic carbocycles. The van der Waals surface area contributed by atoms with Crippen molar-refractivity contribution in [3.63, 3.8) is 0 Å². The van der Waals surface area contributed by atoms with Gasteiger partial charge in [0, 0.05) is 42.9 Å². The Balaban J connectivity index is 1.54. The number of piperidine rings is 1. The molecule has 0 aliphatic carbocycles. The predicted octanol–water partition coefficient (Wildman–Crippen LogP) is 4.34. The number of benzene rings is 3. The molecular formula is C29H31N3O6S2. The first-order chi connectivity index (χ1) is 19.1. The first-order valence-corrected chi connectivity index (χ1v) is 16.2. The van der Waals surface area contributed by atoms with Crippen molar-refractivity contribution in [3.05, 3.63) is 77.4 Å². The molecule has 0 bridgehead atoms. The molecule has 3 aromatic rings. The topological polar surface area (TPSA) is 121 Å². The molecule has 0 aromatic heterocycles. The van der Waals surface area contributed by atoms with Gasteiger partial charge < -0.3 is 10.2 Å². The largest absolute Gasteiger partial charge is 0.370 e. The number of anilines is 2. The van der Waals surface area contributed by atoms with Crippen molar-refractivity contribution in [2.24, 2.45) is 0 Å². The third-order valence-electron chi connectivity index (χ3n) is 7.46. The number of sulfone groups is 1. The van der Waals surface area contributed by atoms with Crippen molar-refractivity contribution in [2.45, 2.75) is 47.8 Å². The molecule has 5 rings (SSSR count). The van der Waals surface area contributed by atoms with E-state index in [9.17, 15) is 26.4 Å². The van der Waals surface area contributed by atoms with Crippen LogP contribution in [0.4, 0.5) is 11.4 Å². The van der Waals surface area contributed by atoms with Gasteiger partial charge in [0.05, 0.1) is 26.1 Å². The van der Waals surface area contributed by atoms with Crippen LogP contribution >= 0.6 is 0 Å². The number of sulfonamides is 1. The van der Waals surface area contributed by atoms with Gasteiger partial charge in [0.15, 0.2) is 5.78 Å². The second kappa shape index (κ2) is 10.8. The third-order valence-corrected chi connectivity index (χ3v) is 11.4. The second-order valence-electron chi connectivity index (χ2n) is 9.81. The molecule has 2 heterocycles. The Morgan fingerprint density at radius 1 is 0.900 bits per heavy atom. The number of ketones is 1. The molecule has 40 heavy (non-hydrogen) atoms. The second-order valence-corrected chi connectivity index (χ2v) is 13.6. The van der Waals surface area contributed by atoms with Crippen LogP contribution in [0.3, 0.4) is 0 Å². The van der Waals surface area contributed by atoms with E-state index in [-0.39, 0.29) is 31.4 Å². The van der Waals surface area contributed by atoms with E-state index in [4.69, 9.17) is 0 Å². The molecule has 0 unspecified atom stereocenters. The first-order valence-electron chi connectivity index (χ1n) is 13.3. The SMILES string of the molecule is CCN(CC)S(=O)(=O)c1ccc(N2CCCCC2)c(NC(=O)c2ccc3c(c2)S(=O)(=O)c2ccccc2C3=O)c1. The van der Waals surface area contributed by atoms with Crippen molar-refractivity contribution in [2.75, 3.05) is 36.4 Å². The zero-order valence-corrected chi connectivity index (χ0v) is 24.0. The van der Waals surface area contributed by atoms with Crippen LogP contribution in [0.2, 0.25) is 0 Å². The van der Waals surface area contributed by atoms with Crippen LogP contribution in [0.5, 0.6) is 0 Å². The predicted molar refractivity (Wildman–Crippen MR) is 152 cm³/mol. The van der Waals surface area contributed by atoms with Crippen LogP contribution in [-0.2, 0) is 19.9 Å². The van der Waals surface area contributed by atoms with Gasteiger partial charge in [-0.15, -0.1) is 0 Å². The van der Waals surface area contributed by atoms with Gasteiger partial charge >= 0.3 is 0 Å². The number of amides is 1. The number of fused-ring (bicyclic) bond motifs is 2. The fraction of sp³-hybridized carbons (Fsp3) is 0.310. The van der Waals surface area contributed by atoms with Crippen LogP contribution in [0, 0.1) is 0 Å². The Kier molecular flexibility index (Phi) is 7.56. The molecule has 0 atom stereocenters. The molecule has 0 spiro atoms. The van der Waals surface area contributed by atoms with Gasteiger partial charge in [-0.25, -0.2) is 16.8 Å². The first kappa shape index (κ1) is 28.0. The van der Waals surface area contributed by atoms with Gasteiger partial charge in [-0.05, 0) is 67.8 Å². The molecule has 210 valence electrons. The lowest BCUT2D eigenvalue weighted by Crippen LogP contribution is -2.32. The standard InChI is InChI=1S/C29H31N3O6S2/c1-3-32(4-2)40(37,38)21-13-15-25(31-16-8-5-9-17-31)24(19-21)30-29(34)20-12-14-23-27(18-20)39(35,36)26-11-7-6-10-22(26)28(23)33/h6-7,10-15,18-19H,3-5,8-9,16-17H2,1-2H3,(H,30,34). The summed E-state index contributed by atoms with van der Waals surface area (Å²) in [5.41, 5.74) is 1.17. The number of carbonyl (C=O) groups excluding carboxylic acids is 2. The summed E-state index contributed by atoms with van der Waals surface area (Å²) in [6, 6.07) is 14.7. The summed E-state index contributed by atoms with van der Waals surface area (Å²) < 4.78 is 54.6. The maximum atomic E-state index is 13.5. The van der Waals surface area contributed by atoms with Gasteiger partial charge in [0.1, 0.15) is 0 Å². The van der Waals surface area contributed by atoms with Gasteiger partial charge in [0.25, 0.3) is 5.91 Å². The Morgan fingerprint density at radius 2 is 1.57 bits per heavy atom. The summed E-state index contributed by atoms with van der Waals surface area (Å²) >= 11 is 0. The van der Waals surface area contributed by atoms with Crippen molar-refractivity contribution < 1.29 is 26.4 Å². The Bertz CT molecular complexity index is 1710. The van der Waals surface area contributed by atoms with E-state index >= 15 is 0 Å². The normalized spacial score (nSPS) is 16.4. The quantitative estimate of drug-likeness (QED) is 0.345. The average molecular weight is 582 g/mol. The smallest absolute Gasteiger partial charge is 0.255 e. The minimum absolute atomic E-state index is 0.0107. The van der Waals surface area contributed by atoms with E-state index in [2.05, 4.69) is 10.2 Å². The molecule has 1 fully saturated rings. The molecule has 1 N–H and O–H groups in total. The van der Waals surface area contributed by atoms with Gasteiger partial charge in [-0.1, -0.05) is 26.0 Å². The van der Waals surface area contributed by atoms with Gasteiger partial charge in [-0.2, -0.15) is 4.31 Å². The summed E-state index contributed by atoms with van der Waals surface area (Å²) in [7, 11) is -7.81. The lowest BCUT2D eigenvalue weighted by molar-refractivity contribution is 0.101. The number of rotatable bonds is 7. The minimum Gasteiger partial charge on any atom is -0.370 e. The Hall–Kier alpha value is -3.54. The van der Waals surface area contributed by atoms with Gasteiger partial charge in [-0.3, -0.25) is 9.59 Å². The average Bonchev–Trinajstić information content (AvgIpc) is 2.97. The van der Waals surface area contributed by atoms with Crippen LogP contribution < -0.4 is 10.2 Å².